The van der Waals surface area contributed by atoms with E-state index >= 15 is 0 Å². The van der Waals surface area contributed by atoms with Gasteiger partial charge >= 0.3 is 0 Å². The van der Waals surface area contributed by atoms with Crippen LogP contribution in [0, 0.1) is 0 Å². The smallest absolute Gasteiger partial charge is 0.150 e. The van der Waals surface area contributed by atoms with Crippen molar-refractivity contribution in [1.82, 2.24) is 5.43 Å². The molecule has 0 saturated heterocycles. The van der Waals surface area contributed by atoms with Crippen molar-refractivity contribution in [2.24, 2.45) is 5.10 Å². The van der Waals surface area contributed by atoms with E-state index in [1.54, 1.807) is 5.37 Å². The summed E-state index contributed by atoms with van der Waals surface area (Å²) in [5.41, 5.74) is 5.35. The van der Waals surface area contributed by atoms with Crippen molar-refractivity contribution in [2.45, 2.75) is 32.4 Å². The van der Waals surface area contributed by atoms with Crippen LogP contribution < -0.4 is 15.1 Å². The lowest BCUT2D eigenvalue weighted by Crippen LogP contribution is -2.41. The molecule has 1 unspecified atom stereocenters. The van der Waals surface area contributed by atoms with Crippen molar-refractivity contribution in [3.63, 3.8) is 0 Å². The number of para-hydroxylation sites is 1. The lowest BCUT2D eigenvalue weighted by atomic mass is 10.1. The van der Waals surface area contributed by atoms with Gasteiger partial charge in [-0.25, -0.2) is 0 Å². The molecule has 4 nitrogen and oxygen atoms in total. The number of nitrogens with one attached hydrogen (secondary N) is 1. The first kappa shape index (κ1) is 17.4. The maximum Gasteiger partial charge on any atom is 0.150 e. The molecule has 0 bridgehead atoms. The molecule has 1 atom stereocenters. The van der Waals surface area contributed by atoms with Gasteiger partial charge in [-0.05, 0) is 36.2 Å². The molecule has 1 N–H and O–H groups in total. The highest BCUT2D eigenvalue weighted by atomic mass is 32.1. The molecule has 0 aromatic heterocycles. The number of rotatable bonds is 8. The Morgan fingerprint density at radius 1 is 1.20 bits per heavy atom. The number of anilines is 1. The van der Waals surface area contributed by atoms with E-state index in [1.807, 2.05) is 30.3 Å². The summed E-state index contributed by atoms with van der Waals surface area (Å²) in [4.78, 5) is 2.14. The summed E-state index contributed by atoms with van der Waals surface area (Å²) < 4.78 is 5.81. The summed E-state index contributed by atoms with van der Waals surface area (Å²) in [5, 5.41) is 6.20. The second-order valence-corrected chi connectivity index (χ2v) is 6.24. The van der Waals surface area contributed by atoms with E-state index in [0.717, 1.165) is 36.7 Å². The Morgan fingerprint density at radius 2 is 2.04 bits per heavy atom. The standard InChI is InChI=1S/C20H23N3OS/c1-2-3-12-24-18-11-7-8-16(13-18)14-19-21-22-20(15-25)23(19)17-9-5-4-6-10-17/h4-11,13,15,20,22H,2-3,12,14H2,1H3. The van der Waals surface area contributed by atoms with E-state index in [1.165, 1.54) is 5.56 Å². The van der Waals surface area contributed by atoms with Crippen LogP contribution in [0.5, 0.6) is 5.75 Å². The Morgan fingerprint density at radius 3 is 2.80 bits per heavy atom. The minimum Gasteiger partial charge on any atom is -0.494 e. The largest absolute Gasteiger partial charge is 0.494 e. The van der Waals surface area contributed by atoms with E-state index in [9.17, 15) is 0 Å². The fourth-order valence-electron chi connectivity index (χ4n) is 2.79. The number of unbranched alkanes of at least 4 members (excludes halogenated alkanes) is 1. The summed E-state index contributed by atoms with van der Waals surface area (Å²) in [7, 11) is 0. The fourth-order valence-corrected chi connectivity index (χ4v) is 2.97. The van der Waals surface area contributed by atoms with Gasteiger partial charge in [-0.1, -0.05) is 55.9 Å². The van der Waals surface area contributed by atoms with Gasteiger partial charge in [0.2, 0.25) is 0 Å². The van der Waals surface area contributed by atoms with Crippen LogP contribution in [0.3, 0.4) is 0 Å². The van der Waals surface area contributed by atoms with Crippen molar-refractivity contribution >= 4 is 29.1 Å². The Hall–Kier alpha value is -2.40. The molecule has 130 valence electrons. The van der Waals surface area contributed by atoms with Gasteiger partial charge in [-0.3, -0.25) is 5.43 Å². The van der Waals surface area contributed by atoms with Gasteiger partial charge in [0.05, 0.1) is 6.61 Å². The first-order valence-corrected chi connectivity index (χ1v) is 9.12. The molecule has 0 spiro atoms. The second kappa shape index (κ2) is 8.62. The third kappa shape index (κ3) is 4.37. The highest BCUT2D eigenvalue weighted by Gasteiger charge is 2.27. The monoisotopic (exact) mass is 353 g/mol. The zero-order chi connectivity index (χ0) is 17.5. The predicted molar refractivity (Wildman–Crippen MR) is 107 cm³/mol. The minimum absolute atomic E-state index is 0.101. The highest BCUT2D eigenvalue weighted by molar-refractivity contribution is 7.79. The lowest BCUT2D eigenvalue weighted by molar-refractivity contribution is 0.309. The summed E-state index contributed by atoms with van der Waals surface area (Å²) in [6.07, 6.45) is 2.81. The number of amidine groups is 1. The summed E-state index contributed by atoms with van der Waals surface area (Å²) in [6.45, 7) is 2.92. The molecule has 2 aromatic carbocycles. The van der Waals surface area contributed by atoms with Gasteiger partial charge in [-0.15, -0.1) is 0 Å². The van der Waals surface area contributed by atoms with E-state index < -0.39 is 0 Å². The van der Waals surface area contributed by atoms with Crippen molar-refractivity contribution in [3.05, 3.63) is 60.2 Å². The Kier molecular flexibility index (Phi) is 6.01. The van der Waals surface area contributed by atoms with E-state index in [2.05, 4.69) is 46.6 Å². The quantitative estimate of drug-likeness (QED) is 0.571. The van der Waals surface area contributed by atoms with Crippen LogP contribution in [0.4, 0.5) is 5.69 Å². The molecular weight excluding hydrogens is 330 g/mol. The van der Waals surface area contributed by atoms with Gasteiger partial charge in [0.25, 0.3) is 0 Å². The molecule has 3 rings (SSSR count). The third-order valence-corrected chi connectivity index (χ3v) is 4.33. The molecule has 0 aliphatic carbocycles. The average molecular weight is 353 g/mol. The molecule has 1 heterocycles. The van der Waals surface area contributed by atoms with Crippen molar-refractivity contribution in [2.75, 3.05) is 11.5 Å². The molecule has 0 saturated carbocycles. The summed E-state index contributed by atoms with van der Waals surface area (Å²) in [5.74, 6) is 1.86. The van der Waals surface area contributed by atoms with E-state index in [0.29, 0.717) is 6.42 Å². The molecule has 1 aliphatic heterocycles. The van der Waals surface area contributed by atoms with E-state index in [4.69, 9.17) is 17.0 Å². The Labute approximate surface area is 154 Å². The number of hydrogen-bond acceptors (Lipinski definition) is 5. The Balaban J connectivity index is 1.75. The van der Waals surface area contributed by atoms with Crippen molar-refractivity contribution in [3.8, 4) is 5.75 Å². The molecule has 0 fully saturated rings. The average Bonchev–Trinajstić information content (AvgIpc) is 3.05. The maximum atomic E-state index is 5.81. The number of ether oxygens (including phenoxy) is 1. The molecular formula is C20H23N3OS. The first-order valence-electron chi connectivity index (χ1n) is 8.65. The van der Waals surface area contributed by atoms with Crippen molar-refractivity contribution < 1.29 is 4.74 Å². The van der Waals surface area contributed by atoms with Crippen LogP contribution in [-0.2, 0) is 6.42 Å². The second-order valence-electron chi connectivity index (χ2n) is 5.97. The Bertz CT molecular complexity index is 733. The summed E-state index contributed by atoms with van der Waals surface area (Å²) >= 11 is 5.16. The van der Waals surface area contributed by atoms with Crippen LogP contribution in [0.2, 0.25) is 0 Å². The van der Waals surface area contributed by atoms with Gasteiger partial charge in [0.15, 0.2) is 0 Å². The predicted octanol–water partition coefficient (Wildman–Crippen LogP) is 4.16. The van der Waals surface area contributed by atoms with Gasteiger partial charge in [0, 0.05) is 17.5 Å². The van der Waals surface area contributed by atoms with Gasteiger partial charge in [-0.2, -0.15) is 5.10 Å². The normalized spacial score (nSPS) is 16.3. The number of hydrazone groups is 1. The fraction of sp³-hybridized carbons (Fsp3) is 0.300. The zero-order valence-electron chi connectivity index (χ0n) is 14.4. The molecule has 0 radical (unpaired) electrons. The van der Waals surface area contributed by atoms with Crippen LogP contribution in [0.15, 0.2) is 59.7 Å². The number of thiocarbonyl (C=S) groups is 1. The molecule has 5 heteroatoms. The number of nitrogens with zero attached hydrogens (tertiary/aromatic N) is 2. The van der Waals surface area contributed by atoms with Crippen LogP contribution in [-0.4, -0.2) is 24.0 Å². The molecule has 25 heavy (non-hydrogen) atoms. The van der Waals surface area contributed by atoms with Crippen LogP contribution in [0.25, 0.3) is 0 Å². The van der Waals surface area contributed by atoms with Crippen LogP contribution in [0.1, 0.15) is 25.3 Å². The zero-order valence-corrected chi connectivity index (χ0v) is 15.2. The van der Waals surface area contributed by atoms with Crippen molar-refractivity contribution in [1.29, 1.82) is 0 Å². The molecule has 2 aromatic rings. The summed E-state index contributed by atoms with van der Waals surface area (Å²) in [6, 6.07) is 18.4. The first-order chi connectivity index (χ1) is 12.3. The minimum atomic E-state index is -0.101. The lowest BCUT2D eigenvalue weighted by Gasteiger charge is -2.24. The molecule has 0 amide bonds. The topological polar surface area (TPSA) is 36.9 Å². The SMILES string of the molecule is CCCCOc1cccc(CC2=NNC(C=S)N2c2ccccc2)c1. The van der Waals surface area contributed by atoms with Gasteiger partial charge in [0.1, 0.15) is 17.8 Å². The van der Waals surface area contributed by atoms with E-state index in [-0.39, 0.29) is 6.17 Å². The van der Waals surface area contributed by atoms with Crippen LogP contribution >= 0.6 is 12.2 Å². The number of hydrogen-bond donors (Lipinski definition) is 1. The maximum absolute atomic E-state index is 5.81. The van der Waals surface area contributed by atoms with Gasteiger partial charge < -0.3 is 9.64 Å². The molecule has 1 aliphatic rings. The highest BCUT2D eigenvalue weighted by Crippen LogP contribution is 2.22. The number of benzene rings is 2. The third-order valence-electron chi connectivity index (χ3n) is 4.07.